The number of aromatic nitrogens is 2. The fourth-order valence-corrected chi connectivity index (χ4v) is 3.02. The minimum Gasteiger partial charge on any atom is -0.348 e. The van der Waals surface area contributed by atoms with Crippen LogP contribution in [0, 0.1) is 5.92 Å². The van der Waals surface area contributed by atoms with Crippen LogP contribution >= 0.6 is 0 Å². The molecule has 6 nitrogen and oxygen atoms in total. The highest BCUT2D eigenvalue weighted by atomic mass is 16.2. The molecule has 140 valence electrons. The van der Waals surface area contributed by atoms with E-state index in [0.717, 1.165) is 17.5 Å². The number of rotatable bonds is 5. The lowest BCUT2D eigenvalue weighted by atomic mass is 10.1. The minimum absolute atomic E-state index is 0.204. The fourth-order valence-electron chi connectivity index (χ4n) is 3.02. The van der Waals surface area contributed by atoms with Crippen molar-refractivity contribution in [3.63, 3.8) is 0 Å². The minimum atomic E-state index is -0.318. The number of hydrogen-bond donors (Lipinski definition) is 2. The van der Waals surface area contributed by atoms with E-state index < -0.39 is 0 Å². The van der Waals surface area contributed by atoms with Crippen LogP contribution in [-0.2, 0) is 0 Å². The molecular weight excluding hydrogens is 352 g/mol. The summed E-state index contributed by atoms with van der Waals surface area (Å²) in [5.74, 6) is -0.0748. The zero-order valence-electron chi connectivity index (χ0n) is 15.4. The van der Waals surface area contributed by atoms with Crippen LogP contribution in [0.4, 0.5) is 5.69 Å². The van der Waals surface area contributed by atoms with E-state index in [9.17, 15) is 9.59 Å². The van der Waals surface area contributed by atoms with Crippen LogP contribution in [0.3, 0.4) is 0 Å². The smallest absolute Gasteiger partial charge is 0.270 e. The lowest BCUT2D eigenvalue weighted by Crippen LogP contribution is -2.27. The number of pyridine rings is 2. The van der Waals surface area contributed by atoms with Crippen LogP contribution in [0.5, 0.6) is 0 Å². The molecule has 0 saturated heterocycles. The Labute approximate surface area is 163 Å². The fraction of sp³-hybridized carbons (Fsp3) is 0.182. The second-order valence-electron chi connectivity index (χ2n) is 6.96. The maximum absolute atomic E-state index is 12.8. The van der Waals surface area contributed by atoms with Crippen molar-refractivity contribution in [3.05, 3.63) is 78.4 Å². The molecule has 2 unspecified atom stereocenters. The van der Waals surface area contributed by atoms with Crippen LogP contribution < -0.4 is 10.6 Å². The summed E-state index contributed by atoms with van der Waals surface area (Å²) in [6.45, 7) is 2.08. The van der Waals surface area contributed by atoms with Crippen LogP contribution in [0.25, 0.3) is 11.1 Å². The Morgan fingerprint density at radius 2 is 1.82 bits per heavy atom. The summed E-state index contributed by atoms with van der Waals surface area (Å²) in [6.07, 6.45) is 5.76. The van der Waals surface area contributed by atoms with Crippen molar-refractivity contribution in [2.24, 2.45) is 5.92 Å². The number of carbonyl (C=O) groups excluding carboxylic acids is 2. The molecule has 28 heavy (non-hydrogen) atoms. The molecule has 1 aromatic carbocycles. The largest absolute Gasteiger partial charge is 0.348 e. The van der Waals surface area contributed by atoms with E-state index in [1.807, 2.05) is 36.4 Å². The lowest BCUT2D eigenvalue weighted by molar-refractivity contribution is 0.0944. The van der Waals surface area contributed by atoms with Gasteiger partial charge in [-0.05, 0) is 36.1 Å². The standard InChI is InChI=1S/C22H20N4O2/c1-14-11-18(14)25-22(28)19-12-16(7-10-24-19)21(27)26-20-13-23-9-8-17(20)15-5-3-2-4-6-15/h2-10,12-14,18H,11H2,1H3,(H,25,28)(H,26,27). The molecule has 0 spiro atoms. The number of amides is 2. The van der Waals surface area contributed by atoms with Gasteiger partial charge in [-0.25, -0.2) is 0 Å². The zero-order valence-corrected chi connectivity index (χ0v) is 15.4. The van der Waals surface area contributed by atoms with Crippen LogP contribution in [-0.4, -0.2) is 27.8 Å². The molecule has 2 N–H and O–H groups in total. The summed E-state index contributed by atoms with van der Waals surface area (Å²) >= 11 is 0. The van der Waals surface area contributed by atoms with Crippen LogP contribution in [0.1, 0.15) is 34.2 Å². The Hall–Kier alpha value is -3.54. The predicted octanol–water partition coefficient (Wildman–Crippen LogP) is 3.53. The summed E-state index contributed by atoms with van der Waals surface area (Å²) < 4.78 is 0. The molecule has 2 amide bonds. The maximum atomic E-state index is 12.8. The molecule has 0 aliphatic heterocycles. The van der Waals surface area contributed by atoms with Gasteiger partial charge < -0.3 is 10.6 Å². The van der Waals surface area contributed by atoms with Gasteiger partial charge in [0.05, 0.1) is 11.9 Å². The number of anilines is 1. The molecule has 2 atom stereocenters. The van der Waals surface area contributed by atoms with Crippen LogP contribution in [0.2, 0.25) is 0 Å². The maximum Gasteiger partial charge on any atom is 0.270 e. The first-order chi connectivity index (χ1) is 13.6. The summed E-state index contributed by atoms with van der Waals surface area (Å²) in [5.41, 5.74) is 3.06. The first-order valence-corrected chi connectivity index (χ1v) is 9.19. The summed E-state index contributed by atoms with van der Waals surface area (Å²) in [5, 5.41) is 5.81. The molecule has 1 saturated carbocycles. The van der Waals surface area contributed by atoms with E-state index in [2.05, 4.69) is 27.5 Å². The Balaban J connectivity index is 1.53. The molecule has 0 radical (unpaired) electrons. The van der Waals surface area contributed by atoms with Gasteiger partial charge in [0.2, 0.25) is 0 Å². The van der Waals surface area contributed by atoms with Gasteiger partial charge in [-0.3, -0.25) is 19.6 Å². The quantitative estimate of drug-likeness (QED) is 0.718. The first kappa shape index (κ1) is 17.9. The summed E-state index contributed by atoms with van der Waals surface area (Å²) in [7, 11) is 0. The van der Waals surface area contributed by atoms with Crippen molar-refractivity contribution in [3.8, 4) is 11.1 Å². The third-order valence-corrected chi connectivity index (χ3v) is 4.83. The van der Waals surface area contributed by atoms with E-state index in [0.29, 0.717) is 17.2 Å². The highest BCUT2D eigenvalue weighted by Crippen LogP contribution is 2.29. The molecule has 3 aromatic rings. The second kappa shape index (κ2) is 7.60. The van der Waals surface area contributed by atoms with Gasteiger partial charge in [-0.2, -0.15) is 0 Å². The Bertz CT molecular complexity index is 1020. The predicted molar refractivity (Wildman–Crippen MR) is 107 cm³/mol. The number of carbonyl (C=O) groups is 2. The highest BCUT2D eigenvalue weighted by molar-refractivity contribution is 6.07. The first-order valence-electron chi connectivity index (χ1n) is 9.19. The highest BCUT2D eigenvalue weighted by Gasteiger charge is 2.34. The van der Waals surface area contributed by atoms with Crippen molar-refractivity contribution in [2.45, 2.75) is 19.4 Å². The van der Waals surface area contributed by atoms with Gasteiger partial charge in [-0.15, -0.1) is 0 Å². The van der Waals surface area contributed by atoms with Crippen LogP contribution in [0.15, 0.2) is 67.1 Å². The third kappa shape index (κ3) is 3.91. The van der Waals surface area contributed by atoms with Gasteiger partial charge in [0.25, 0.3) is 11.8 Å². The van der Waals surface area contributed by atoms with E-state index >= 15 is 0 Å². The molecule has 1 aliphatic carbocycles. The molecule has 4 rings (SSSR count). The third-order valence-electron chi connectivity index (χ3n) is 4.83. The van der Waals surface area contributed by atoms with Gasteiger partial charge in [0.1, 0.15) is 5.69 Å². The monoisotopic (exact) mass is 372 g/mol. The lowest BCUT2D eigenvalue weighted by Gasteiger charge is -2.11. The topological polar surface area (TPSA) is 84.0 Å². The summed E-state index contributed by atoms with van der Waals surface area (Å²) in [4.78, 5) is 33.3. The van der Waals surface area contributed by atoms with Gasteiger partial charge in [0.15, 0.2) is 0 Å². The number of benzene rings is 1. The van der Waals surface area contributed by atoms with E-state index in [1.165, 1.54) is 12.3 Å². The molecule has 2 heterocycles. The normalized spacial score (nSPS) is 17.6. The SMILES string of the molecule is CC1CC1NC(=O)c1cc(C(=O)Nc2cnccc2-c2ccccc2)ccn1. The van der Waals surface area contributed by atoms with Gasteiger partial charge >= 0.3 is 0 Å². The van der Waals surface area contributed by atoms with Crippen molar-refractivity contribution < 1.29 is 9.59 Å². The molecular formula is C22H20N4O2. The number of hydrogen-bond acceptors (Lipinski definition) is 4. The number of nitrogens with one attached hydrogen (secondary N) is 2. The van der Waals surface area contributed by atoms with E-state index in [1.54, 1.807) is 18.5 Å². The van der Waals surface area contributed by atoms with E-state index in [-0.39, 0.29) is 23.6 Å². The zero-order chi connectivity index (χ0) is 19.5. The number of nitrogens with zero attached hydrogens (tertiary/aromatic N) is 2. The second-order valence-corrected chi connectivity index (χ2v) is 6.96. The van der Waals surface area contributed by atoms with Gasteiger partial charge in [-0.1, -0.05) is 37.3 Å². The summed E-state index contributed by atoms with van der Waals surface area (Å²) in [6, 6.07) is 14.9. The van der Waals surface area contributed by atoms with E-state index in [4.69, 9.17) is 0 Å². The van der Waals surface area contributed by atoms with Crippen molar-refractivity contribution >= 4 is 17.5 Å². The Kier molecular flexibility index (Phi) is 4.85. The van der Waals surface area contributed by atoms with Crippen molar-refractivity contribution in [2.75, 3.05) is 5.32 Å². The Morgan fingerprint density at radius 1 is 1.04 bits per heavy atom. The molecule has 1 fully saturated rings. The average Bonchev–Trinajstić information content (AvgIpc) is 3.43. The van der Waals surface area contributed by atoms with Gasteiger partial charge in [0, 0.05) is 29.6 Å². The average molecular weight is 372 g/mol. The van der Waals surface area contributed by atoms with Crippen molar-refractivity contribution in [1.29, 1.82) is 0 Å². The molecule has 0 bridgehead atoms. The van der Waals surface area contributed by atoms with Crippen molar-refractivity contribution in [1.82, 2.24) is 15.3 Å². The molecule has 6 heteroatoms. The Morgan fingerprint density at radius 3 is 2.57 bits per heavy atom. The molecule has 2 aromatic heterocycles. The molecule has 1 aliphatic rings.